The molecule has 0 aliphatic carbocycles. The maximum absolute atomic E-state index is 8.93. The molecule has 0 fully saturated rings. The Morgan fingerprint density at radius 1 is 1.89 bits per heavy atom. The van der Waals surface area contributed by atoms with E-state index in [0.29, 0.717) is 6.61 Å². The van der Waals surface area contributed by atoms with E-state index in [4.69, 9.17) is 10.0 Å². The summed E-state index contributed by atoms with van der Waals surface area (Å²) < 4.78 is 0. The second-order valence-electron chi connectivity index (χ2n) is 2.00. The lowest BCUT2D eigenvalue weighted by atomic mass is 10.2. The van der Waals surface area contributed by atoms with Crippen molar-refractivity contribution in [2.24, 2.45) is 0 Å². The first-order valence-corrected chi connectivity index (χ1v) is 3.12. The molecule has 0 saturated heterocycles. The number of hydrogen-bond donors (Lipinski definition) is 1. The van der Waals surface area contributed by atoms with Crippen LogP contribution < -0.4 is 0 Å². The van der Waals surface area contributed by atoms with Crippen LogP contribution in [0.25, 0.3) is 0 Å². The summed E-state index contributed by atoms with van der Waals surface area (Å²) in [6.45, 7) is 2.47. The van der Waals surface area contributed by atoms with E-state index in [1.165, 1.54) is 0 Å². The van der Waals surface area contributed by atoms with Crippen LogP contribution in [-0.4, -0.2) is 23.1 Å². The molecule has 0 amide bonds. The van der Waals surface area contributed by atoms with Crippen LogP contribution in [0.3, 0.4) is 0 Å². The molecule has 0 radical (unpaired) electrons. The second kappa shape index (κ2) is 2.96. The quantitative estimate of drug-likeness (QED) is 0.535. The predicted molar refractivity (Wildman–Crippen MR) is 32.8 cm³/mol. The molecular formula is C6H11NO2. The molecule has 9 heavy (non-hydrogen) atoms. The molecule has 52 valence electrons. The minimum Gasteiger partial charge on any atom is -0.289 e. The molecular weight excluding hydrogens is 118 g/mol. The van der Waals surface area contributed by atoms with Crippen LogP contribution in [0.4, 0.5) is 0 Å². The van der Waals surface area contributed by atoms with Gasteiger partial charge in [-0.15, -0.1) is 0 Å². The third-order valence-electron chi connectivity index (χ3n) is 1.36. The van der Waals surface area contributed by atoms with Crippen molar-refractivity contribution in [3.8, 4) is 0 Å². The molecule has 0 bridgehead atoms. The van der Waals surface area contributed by atoms with Gasteiger partial charge in [-0.05, 0) is 6.42 Å². The van der Waals surface area contributed by atoms with Crippen LogP contribution in [0.2, 0.25) is 0 Å². The van der Waals surface area contributed by atoms with Crippen molar-refractivity contribution in [1.82, 2.24) is 5.23 Å². The van der Waals surface area contributed by atoms with Gasteiger partial charge in [-0.25, -0.2) is 0 Å². The van der Waals surface area contributed by atoms with E-state index in [1.54, 1.807) is 0 Å². The zero-order valence-electron chi connectivity index (χ0n) is 5.45. The summed E-state index contributed by atoms with van der Waals surface area (Å²) in [5, 5.41) is 9.83. The third kappa shape index (κ3) is 1.51. The number of hydroxylamine groups is 2. The van der Waals surface area contributed by atoms with Crippen LogP contribution in [-0.2, 0) is 4.84 Å². The molecule has 1 aliphatic heterocycles. The van der Waals surface area contributed by atoms with Gasteiger partial charge in [0.25, 0.3) is 0 Å². The van der Waals surface area contributed by atoms with Crippen molar-refractivity contribution in [1.29, 1.82) is 0 Å². The summed E-state index contributed by atoms with van der Waals surface area (Å²) in [5.74, 6) is 0. The highest BCUT2D eigenvalue weighted by Crippen LogP contribution is 2.07. The minimum atomic E-state index is 0.0405. The molecule has 1 heterocycles. The van der Waals surface area contributed by atoms with Crippen LogP contribution >= 0.6 is 0 Å². The first-order chi connectivity index (χ1) is 4.34. The first-order valence-electron chi connectivity index (χ1n) is 3.12. The topological polar surface area (TPSA) is 32.7 Å². The van der Waals surface area contributed by atoms with Crippen molar-refractivity contribution in [3.05, 3.63) is 12.2 Å². The van der Waals surface area contributed by atoms with E-state index in [1.807, 2.05) is 19.1 Å². The highest BCUT2D eigenvalue weighted by Gasteiger charge is 2.14. The summed E-state index contributed by atoms with van der Waals surface area (Å²) >= 11 is 0. The van der Waals surface area contributed by atoms with E-state index in [-0.39, 0.29) is 6.04 Å². The molecule has 0 aromatic heterocycles. The van der Waals surface area contributed by atoms with Crippen molar-refractivity contribution < 1.29 is 10.0 Å². The Morgan fingerprint density at radius 2 is 2.67 bits per heavy atom. The fraction of sp³-hybridized carbons (Fsp3) is 0.667. The fourth-order valence-electron chi connectivity index (χ4n) is 0.794. The van der Waals surface area contributed by atoms with Crippen molar-refractivity contribution in [3.63, 3.8) is 0 Å². The van der Waals surface area contributed by atoms with Gasteiger partial charge in [-0.1, -0.05) is 24.3 Å². The van der Waals surface area contributed by atoms with Crippen molar-refractivity contribution in [2.45, 2.75) is 19.4 Å². The summed E-state index contributed by atoms with van der Waals surface area (Å²) in [4.78, 5) is 4.78. The lowest BCUT2D eigenvalue weighted by molar-refractivity contribution is -0.354. The highest BCUT2D eigenvalue weighted by molar-refractivity contribution is 4.93. The predicted octanol–water partition coefficient (Wildman–Crippen LogP) is 0.958. The van der Waals surface area contributed by atoms with Gasteiger partial charge < -0.3 is 0 Å². The molecule has 0 saturated carbocycles. The van der Waals surface area contributed by atoms with Gasteiger partial charge in [0, 0.05) is 0 Å². The van der Waals surface area contributed by atoms with Crippen molar-refractivity contribution >= 4 is 0 Å². The van der Waals surface area contributed by atoms with Gasteiger partial charge in [0.1, 0.15) is 0 Å². The SMILES string of the molecule is CCC1C=CCON1O. The van der Waals surface area contributed by atoms with E-state index in [0.717, 1.165) is 11.6 Å². The Hall–Kier alpha value is -0.380. The van der Waals surface area contributed by atoms with Crippen molar-refractivity contribution in [2.75, 3.05) is 6.61 Å². The van der Waals surface area contributed by atoms with Gasteiger partial charge in [0.2, 0.25) is 0 Å². The minimum absolute atomic E-state index is 0.0405. The number of nitrogens with zero attached hydrogens (tertiary/aromatic N) is 1. The highest BCUT2D eigenvalue weighted by atomic mass is 16.9. The van der Waals surface area contributed by atoms with Gasteiger partial charge in [0.05, 0.1) is 12.6 Å². The Kier molecular flexibility index (Phi) is 2.22. The van der Waals surface area contributed by atoms with Crippen LogP contribution in [0.1, 0.15) is 13.3 Å². The Bertz CT molecular complexity index is 114. The molecule has 1 atom stereocenters. The molecule has 1 unspecified atom stereocenters. The first kappa shape index (κ1) is 6.74. The van der Waals surface area contributed by atoms with E-state index >= 15 is 0 Å². The summed E-state index contributed by atoms with van der Waals surface area (Å²) in [7, 11) is 0. The molecule has 0 spiro atoms. The van der Waals surface area contributed by atoms with Gasteiger partial charge in [-0.2, -0.15) is 0 Å². The molecule has 1 aliphatic rings. The van der Waals surface area contributed by atoms with E-state index < -0.39 is 0 Å². The summed E-state index contributed by atoms with van der Waals surface area (Å²) in [6, 6.07) is 0.0405. The van der Waals surface area contributed by atoms with Gasteiger partial charge in [0.15, 0.2) is 0 Å². The summed E-state index contributed by atoms with van der Waals surface area (Å²) in [6.07, 6.45) is 4.71. The van der Waals surface area contributed by atoms with Crippen LogP contribution in [0, 0.1) is 0 Å². The average molecular weight is 129 g/mol. The maximum Gasteiger partial charge on any atom is 0.0894 e. The smallest absolute Gasteiger partial charge is 0.0894 e. The normalized spacial score (nSPS) is 28.9. The lowest BCUT2D eigenvalue weighted by Gasteiger charge is -2.23. The number of rotatable bonds is 1. The Morgan fingerprint density at radius 3 is 3.11 bits per heavy atom. The Labute approximate surface area is 54.4 Å². The largest absolute Gasteiger partial charge is 0.289 e. The number of hydrogen-bond acceptors (Lipinski definition) is 3. The summed E-state index contributed by atoms with van der Waals surface area (Å²) in [5.41, 5.74) is 0. The molecule has 0 aromatic carbocycles. The van der Waals surface area contributed by atoms with Crippen LogP contribution in [0.15, 0.2) is 12.2 Å². The third-order valence-corrected chi connectivity index (χ3v) is 1.36. The Balaban J connectivity index is 2.46. The average Bonchev–Trinajstić information content (AvgIpc) is 1.89. The molecule has 1 rings (SSSR count). The molecule has 1 N–H and O–H groups in total. The standard InChI is InChI=1S/C6H11NO2/c1-2-6-4-3-5-9-7(6)8/h3-4,6,8H,2,5H2,1H3. The van der Waals surface area contributed by atoms with Gasteiger partial charge in [-0.3, -0.25) is 10.0 Å². The maximum atomic E-state index is 8.93. The zero-order chi connectivity index (χ0) is 6.69. The molecule has 0 aromatic rings. The fourth-order valence-corrected chi connectivity index (χ4v) is 0.794. The zero-order valence-corrected chi connectivity index (χ0v) is 5.45. The van der Waals surface area contributed by atoms with E-state index in [2.05, 4.69) is 0 Å². The van der Waals surface area contributed by atoms with E-state index in [9.17, 15) is 0 Å². The molecule has 3 heteroatoms. The monoisotopic (exact) mass is 129 g/mol. The van der Waals surface area contributed by atoms with Gasteiger partial charge >= 0.3 is 0 Å². The lowest BCUT2D eigenvalue weighted by Crippen LogP contribution is -2.33. The van der Waals surface area contributed by atoms with Crippen LogP contribution in [0.5, 0.6) is 0 Å². The molecule has 3 nitrogen and oxygen atoms in total. The second-order valence-corrected chi connectivity index (χ2v) is 2.00.